The van der Waals surface area contributed by atoms with Gasteiger partial charge in [0.25, 0.3) is 6.43 Å². The number of fused-ring (bicyclic) bond motifs is 2. The summed E-state index contributed by atoms with van der Waals surface area (Å²) in [7, 11) is 1.77. The molecule has 0 saturated carbocycles. The second kappa shape index (κ2) is 8.66. The number of amides is 1. The zero-order chi connectivity index (χ0) is 24.9. The number of carbonyl (C=O) groups excluding carboxylic acids is 1. The van der Waals surface area contributed by atoms with Gasteiger partial charge in [-0.1, -0.05) is 0 Å². The van der Waals surface area contributed by atoms with Gasteiger partial charge in [0.2, 0.25) is 0 Å². The van der Waals surface area contributed by atoms with Gasteiger partial charge in [0, 0.05) is 54.3 Å². The van der Waals surface area contributed by atoms with Crippen LogP contribution in [-0.2, 0) is 31.2 Å². The number of H-pyrrole nitrogens is 1. The Hall–Kier alpha value is -3.43. The molecule has 1 amide bonds. The molecule has 0 spiro atoms. The Morgan fingerprint density at radius 1 is 1.26 bits per heavy atom. The van der Waals surface area contributed by atoms with E-state index < -0.39 is 12.0 Å². The third-order valence-corrected chi connectivity index (χ3v) is 6.51. The Kier molecular flexibility index (Phi) is 5.77. The number of nitrogens with one attached hydrogen (secondary N) is 2. The SMILES string of the molecule is Cn1cc(-c2cc3c(cc2C(F)F)NC(c2n[nH]c4c2CN(C(=O)OC(C)(C)C)CC4)CC3)cn1. The van der Waals surface area contributed by atoms with E-state index in [2.05, 4.69) is 20.6 Å². The average Bonchev–Trinajstić information content (AvgIpc) is 3.42. The zero-order valence-corrected chi connectivity index (χ0v) is 20.4. The van der Waals surface area contributed by atoms with Crippen LogP contribution >= 0.6 is 0 Å². The molecule has 2 aliphatic rings. The van der Waals surface area contributed by atoms with Gasteiger partial charge in [0.15, 0.2) is 0 Å². The molecular formula is C25H30F2N6O2. The summed E-state index contributed by atoms with van der Waals surface area (Å²) in [6.07, 6.45) is 2.55. The minimum Gasteiger partial charge on any atom is -0.444 e. The molecule has 8 nitrogen and oxygen atoms in total. The van der Waals surface area contributed by atoms with Crippen molar-refractivity contribution in [2.24, 2.45) is 7.05 Å². The lowest BCUT2D eigenvalue weighted by Gasteiger charge is -2.32. The molecule has 1 aromatic carbocycles. The Morgan fingerprint density at radius 3 is 2.74 bits per heavy atom. The second-order valence-corrected chi connectivity index (χ2v) is 10.3. The van der Waals surface area contributed by atoms with Crippen LogP contribution in [0.4, 0.5) is 19.3 Å². The fourth-order valence-electron chi connectivity index (χ4n) is 4.85. The quantitative estimate of drug-likeness (QED) is 0.538. The maximum absolute atomic E-state index is 14.0. The first kappa shape index (κ1) is 23.3. The number of ether oxygens (including phenoxy) is 1. The Morgan fingerprint density at radius 2 is 2.06 bits per heavy atom. The van der Waals surface area contributed by atoms with E-state index in [-0.39, 0.29) is 17.7 Å². The van der Waals surface area contributed by atoms with Crippen LogP contribution in [-0.4, -0.2) is 43.1 Å². The third kappa shape index (κ3) is 4.61. The smallest absolute Gasteiger partial charge is 0.410 e. The van der Waals surface area contributed by atoms with Gasteiger partial charge in [-0.3, -0.25) is 9.78 Å². The molecule has 186 valence electrons. The van der Waals surface area contributed by atoms with Gasteiger partial charge >= 0.3 is 6.09 Å². The number of hydrogen-bond acceptors (Lipinski definition) is 5. The molecule has 4 heterocycles. The van der Waals surface area contributed by atoms with Gasteiger partial charge in [0.05, 0.1) is 24.5 Å². The first-order chi connectivity index (χ1) is 16.6. The van der Waals surface area contributed by atoms with Gasteiger partial charge in [0.1, 0.15) is 5.60 Å². The maximum Gasteiger partial charge on any atom is 0.410 e. The number of nitrogens with zero attached hydrogens (tertiary/aromatic N) is 4. The normalized spacial score (nSPS) is 17.7. The largest absolute Gasteiger partial charge is 0.444 e. The maximum atomic E-state index is 14.0. The number of hydrogen-bond donors (Lipinski definition) is 2. The third-order valence-electron chi connectivity index (χ3n) is 6.51. The van der Waals surface area contributed by atoms with Crippen molar-refractivity contribution < 1.29 is 18.3 Å². The summed E-state index contributed by atoms with van der Waals surface area (Å²) in [5.74, 6) is 0. The summed E-state index contributed by atoms with van der Waals surface area (Å²) in [4.78, 5) is 14.3. The van der Waals surface area contributed by atoms with Crippen molar-refractivity contribution in [3.63, 3.8) is 0 Å². The molecule has 1 atom stereocenters. The van der Waals surface area contributed by atoms with Crippen molar-refractivity contribution in [3.8, 4) is 11.1 Å². The molecule has 1 unspecified atom stereocenters. The number of aromatic nitrogens is 4. The van der Waals surface area contributed by atoms with Gasteiger partial charge < -0.3 is 15.0 Å². The van der Waals surface area contributed by atoms with Crippen molar-refractivity contribution in [2.45, 2.75) is 64.6 Å². The summed E-state index contributed by atoms with van der Waals surface area (Å²) >= 11 is 0. The minimum atomic E-state index is -2.61. The van der Waals surface area contributed by atoms with E-state index in [9.17, 15) is 13.6 Å². The van der Waals surface area contributed by atoms with E-state index in [1.807, 2.05) is 26.8 Å². The summed E-state index contributed by atoms with van der Waals surface area (Å²) < 4.78 is 35.2. The van der Waals surface area contributed by atoms with E-state index in [4.69, 9.17) is 4.74 Å². The molecule has 35 heavy (non-hydrogen) atoms. The summed E-state index contributed by atoms with van der Waals surface area (Å²) in [5, 5.41) is 15.3. The molecule has 2 aliphatic heterocycles. The minimum absolute atomic E-state index is 0.0231. The monoisotopic (exact) mass is 484 g/mol. The zero-order valence-electron chi connectivity index (χ0n) is 20.4. The highest BCUT2D eigenvalue weighted by Gasteiger charge is 2.32. The molecule has 2 aromatic heterocycles. The fraction of sp³-hybridized carbons (Fsp3) is 0.480. The predicted molar refractivity (Wildman–Crippen MR) is 127 cm³/mol. The lowest BCUT2D eigenvalue weighted by molar-refractivity contribution is 0.0223. The first-order valence-electron chi connectivity index (χ1n) is 11.8. The van der Waals surface area contributed by atoms with Crippen LogP contribution in [0.15, 0.2) is 24.5 Å². The highest BCUT2D eigenvalue weighted by atomic mass is 19.3. The molecule has 10 heteroatoms. The molecular weight excluding hydrogens is 454 g/mol. The number of aromatic amines is 1. The predicted octanol–water partition coefficient (Wildman–Crippen LogP) is 5.14. The van der Waals surface area contributed by atoms with Crippen LogP contribution in [0.3, 0.4) is 0 Å². The highest BCUT2D eigenvalue weighted by molar-refractivity contribution is 5.73. The highest BCUT2D eigenvalue weighted by Crippen LogP contribution is 2.41. The van der Waals surface area contributed by atoms with E-state index in [0.717, 1.165) is 35.4 Å². The van der Waals surface area contributed by atoms with Crippen molar-refractivity contribution in [1.82, 2.24) is 24.9 Å². The molecule has 0 fully saturated rings. The molecule has 3 aromatic rings. The number of anilines is 1. The Bertz CT molecular complexity index is 1260. The summed E-state index contributed by atoms with van der Waals surface area (Å²) in [6.45, 7) is 6.50. The van der Waals surface area contributed by atoms with Crippen LogP contribution in [0.25, 0.3) is 11.1 Å². The summed E-state index contributed by atoms with van der Waals surface area (Å²) in [6, 6.07) is 3.26. The molecule has 2 N–H and O–H groups in total. The second-order valence-electron chi connectivity index (χ2n) is 10.3. The van der Waals surface area contributed by atoms with E-state index in [0.29, 0.717) is 36.3 Å². The van der Waals surface area contributed by atoms with Crippen LogP contribution in [0.5, 0.6) is 0 Å². The van der Waals surface area contributed by atoms with Gasteiger partial charge in [-0.25, -0.2) is 13.6 Å². The average molecular weight is 485 g/mol. The van der Waals surface area contributed by atoms with E-state index >= 15 is 0 Å². The van der Waals surface area contributed by atoms with Gasteiger partial charge in [-0.15, -0.1) is 0 Å². The Balaban J connectivity index is 1.41. The number of rotatable bonds is 3. The number of benzene rings is 1. The van der Waals surface area contributed by atoms with Gasteiger partial charge in [-0.2, -0.15) is 10.2 Å². The molecule has 0 saturated heterocycles. The van der Waals surface area contributed by atoms with Crippen molar-refractivity contribution in [3.05, 3.63) is 52.6 Å². The molecule has 0 bridgehead atoms. The molecule has 5 rings (SSSR count). The van der Waals surface area contributed by atoms with E-state index in [1.165, 1.54) is 0 Å². The number of carbonyl (C=O) groups is 1. The van der Waals surface area contributed by atoms with E-state index in [1.54, 1.807) is 35.1 Å². The fourth-order valence-corrected chi connectivity index (χ4v) is 4.85. The van der Waals surface area contributed by atoms with Crippen LogP contribution in [0.1, 0.15) is 67.7 Å². The first-order valence-corrected chi connectivity index (χ1v) is 11.8. The lowest BCUT2D eigenvalue weighted by Crippen LogP contribution is -2.40. The van der Waals surface area contributed by atoms with Crippen molar-refractivity contribution >= 4 is 11.8 Å². The van der Waals surface area contributed by atoms with Crippen molar-refractivity contribution in [1.29, 1.82) is 0 Å². The van der Waals surface area contributed by atoms with Crippen LogP contribution < -0.4 is 5.32 Å². The van der Waals surface area contributed by atoms with Gasteiger partial charge in [-0.05, 0) is 56.9 Å². The number of halogens is 2. The standard InChI is InChI=1S/C25H30F2N6O2/c1-25(2,3)35-24(34)33-8-7-19-18(13-33)22(31-30-19)20-6-5-14-9-16(15-11-28-32(4)12-15)17(23(26)27)10-21(14)29-20/h9-12,20,23,29H,5-8,13H2,1-4H3,(H,30,31). The summed E-state index contributed by atoms with van der Waals surface area (Å²) in [5.41, 5.74) is 5.09. The topological polar surface area (TPSA) is 88.1 Å². The molecule has 0 radical (unpaired) electrons. The van der Waals surface area contributed by atoms with Crippen molar-refractivity contribution in [2.75, 3.05) is 11.9 Å². The number of aryl methyl sites for hydroxylation is 2. The Labute approximate surface area is 202 Å². The van der Waals surface area contributed by atoms with Crippen LogP contribution in [0.2, 0.25) is 0 Å². The lowest BCUT2D eigenvalue weighted by atomic mass is 9.89. The molecule has 0 aliphatic carbocycles. The number of alkyl halides is 2. The van der Waals surface area contributed by atoms with Crippen LogP contribution in [0, 0.1) is 0 Å².